The van der Waals surface area contributed by atoms with Crippen molar-refractivity contribution >= 4 is 0 Å². The average molecular weight is 253 g/mol. The van der Waals surface area contributed by atoms with Crippen LogP contribution in [0.1, 0.15) is 28.2 Å². The van der Waals surface area contributed by atoms with Gasteiger partial charge in [0.2, 0.25) is 0 Å². The van der Waals surface area contributed by atoms with E-state index in [1.165, 1.54) is 22.3 Å². The second-order valence-electron chi connectivity index (χ2n) is 5.05. The highest BCUT2D eigenvalue weighted by molar-refractivity contribution is 5.47. The Morgan fingerprint density at radius 2 is 1.79 bits per heavy atom. The van der Waals surface area contributed by atoms with Gasteiger partial charge in [-0.2, -0.15) is 0 Å². The van der Waals surface area contributed by atoms with Gasteiger partial charge in [-0.25, -0.2) is 0 Å². The highest BCUT2D eigenvalue weighted by Gasteiger charge is 2.22. The van der Waals surface area contributed by atoms with E-state index in [9.17, 15) is 0 Å². The minimum atomic E-state index is 0.305. The summed E-state index contributed by atoms with van der Waals surface area (Å²) in [6, 6.07) is 15.0. The van der Waals surface area contributed by atoms with E-state index in [2.05, 4.69) is 36.4 Å². The van der Waals surface area contributed by atoms with Gasteiger partial charge in [-0.3, -0.25) is 0 Å². The molecule has 2 heteroatoms. The Kier molecular flexibility index (Phi) is 3.26. The third-order valence-corrected chi connectivity index (χ3v) is 4.06. The number of rotatable bonds is 2. The highest BCUT2D eigenvalue weighted by Crippen LogP contribution is 2.35. The van der Waals surface area contributed by atoms with Gasteiger partial charge in [0.25, 0.3) is 0 Å². The van der Waals surface area contributed by atoms with Crippen molar-refractivity contribution in [3.63, 3.8) is 0 Å². The zero-order valence-corrected chi connectivity index (χ0v) is 11.2. The summed E-state index contributed by atoms with van der Waals surface area (Å²) in [6.45, 7) is 0.649. The summed E-state index contributed by atoms with van der Waals surface area (Å²) in [7, 11) is 1.72. The number of benzene rings is 2. The van der Waals surface area contributed by atoms with Crippen LogP contribution in [-0.4, -0.2) is 13.7 Å². The molecule has 3 rings (SSSR count). The summed E-state index contributed by atoms with van der Waals surface area (Å²) in [5, 5.41) is 0. The van der Waals surface area contributed by atoms with E-state index in [-0.39, 0.29) is 0 Å². The van der Waals surface area contributed by atoms with Crippen molar-refractivity contribution in [2.45, 2.75) is 18.8 Å². The van der Waals surface area contributed by atoms with Gasteiger partial charge in [0.05, 0.1) is 7.11 Å². The Balaban J connectivity index is 2.13. The Morgan fingerprint density at radius 1 is 1.05 bits per heavy atom. The van der Waals surface area contributed by atoms with Gasteiger partial charge in [0.1, 0.15) is 5.75 Å². The molecule has 1 atom stereocenters. The molecule has 1 aliphatic carbocycles. The lowest BCUT2D eigenvalue weighted by Gasteiger charge is -2.18. The Labute approximate surface area is 114 Å². The molecule has 0 amide bonds. The van der Waals surface area contributed by atoms with Crippen molar-refractivity contribution in [3.05, 3.63) is 64.7 Å². The molecule has 0 bridgehead atoms. The topological polar surface area (TPSA) is 35.2 Å². The fraction of sp³-hybridized carbons (Fsp3) is 0.294. The predicted octanol–water partition coefficient (Wildman–Crippen LogP) is 2.88. The molecule has 2 N–H and O–H groups in total. The maximum Gasteiger partial charge on any atom is 0.119 e. The third kappa shape index (κ3) is 2.13. The van der Waals surface area contributed by atoms with Crippen molar-refractivity contribution in [1.29, 1.82) is 0 Å². The van der Waals surface area contributed by atoms with Gasteiger partial charge in [-0.15, -0.1) is 0 Å². The second kappa shape index (κ2) is 5.06. The molecule has 0 heterocycles. The number of hydrogen-bond acceptors (Lipinski definition) is 2. The summed E-state index contributed by atoms with van der Waals surface area (Å²) in [6.07, 6.45) is 2.13. The van der Waals surface area contributed by atoms with Gasteiger partial charge in [-0.05, 0) is 47.2 Å². The zero-order chi connectivity index (χ0) is 13.2. The number of nitrogens with two attached hydrogens (primary N) is 1. The van der Waals surface area contributed by atoms with Gasteiger partial charge >= 0.3 is 0 Å². The first-order chi connectivity index (χ1) is 9.33. The molecule has 0 saturated heterocycles. The van der Waals surface area contributed by atoms with Gasteiger partial charge < -0.3 is 10.5 Å². The fourth-order valence-electron chi connectivity index (χ4n) is 3.06. The van der Waals surface area contributed by atoms with Crippen LogP contribution < -0.4 is 10.5 Å². The van der Waals surface area contributed by atoms with Crippen molar-refractivity contribution in [1.82, 2.24) is 0 Å². The van der Waals surface area contributed by atoms with Crippen LogP contribution in [0.4, 0.5) is 0 Å². The first kappa shape index (κ1) is 12.2. The molecule has 0 fully saturated rings. The van der Waals surface area contributed by atoms with Crippen molar-refractivity contribution < 1.29 is 4.74 Å². The molecule has 0 radical (unpaired) electrons. The van der Waals surface area contributed by atoms with Crippen LogP contribution >= 0.6 is 0 Å². The first-order valence-electron chi connectivity index (χ1n) is 6.78. The first-order valence-corrected chi connectivity index (χ1v) is 6.78. The van der Waals surface area contributed by atoms with Crippen LogP contribution in [0.5, 0.6) is 5.75 Å². The summed E-state index contributed by atoms with van der Waals surface area (Å²) in [5.41, 5.74) is 11.6. The molecule has 0 aromatic heterocycles. The SMILES string of the molecule is COc1ccc2c(c1)CCc1ccccc1[C@H]2CN. The average Bonchev–Trinajstić information content (AvgIpc) is 2.63. The lowest BCUT2D eigenvalue weighted by molar-refractivity contribution is 0.414. The lowest BCUT2D eigenvalue weighted by Crippen LogP contribution is -2.15. The summed E-state index contributed by atoms with van der Waals surface area (Å²) in [4.78, 5) is 0. The maximum atomic E-state index is 6.04. The smallest absolute Gasteiger partial charge is 0.119 e. The van der Waals surface area contributed by atoms with Gasteiger partial charge in [0, 0.05) is 12.5 Å². The van der Waals surface area contributed by atoms with Crippen LogP contribution in [0, 0.1) is 0 Å². The largest absolute Gasteiger partial charge is 0.497 e. The molecular formula is C17H19NO. The maximum absolute atomic E-state index is 6.04. The minimum absolute atomic E-state index is 0.305. The summed E-state index contributed by atoms with van der Waals surface area (Å²) >= 11 is 0. The predicted molar refractivity (Wildman–Crippen MR) is 77.7 cm³/mol. The van der Waals surface area contributed by atoms with Gasteiger partial charge in [-0.1, -0.05) is 30.3 Å². The van der Waals surface area contributed by atoms with Gasteiger partial charge in [0.15, 0.2) is 0 Å². The molecule has 2 aromatic rings. The number of fused-ring (bicyclic) bond motifs is 2. The van der Waals surface area contributed by atoms with E-state index in [1.54, 1.807) is 7.11 Å². The minimum Gasteiger partial charge on any atom is -0.497 e. The van der Waals surface area contributed by atoms with E-state index in [0.29, 0.717) is 12.5 Å². The van der Waals surface area contributed by atoms with Crippen molar-refractivity contribution in [2.75, 3.05) is 13.7 Å². The van der Waals surface area contributed by atoms with Crippen LogP contribution in [0.15, 0.2) is 42.5 Å². The second-order valence-corrected chi connectivity index (χ2v) is 5.05. The number of aryl methyl sites for hydroxylation is 2. The third-order valence-electron chi connectivity index (χ3n) is 4.06. The molecule has 19 heavy (non-hydrogen) atoms. The molecule has 0 aliphatic heterocycles. The quantitative estimate of drug-likeness (QED) is 0.893. The van der Waals surface area contributed by atoms with E-state index < -0.39 is 0 Å². The zero-order valence-electron chi connectivity index (χ0n) is 11.2. The summed E-state index contributed by atoms with van der Waals surface area (Å²) < 4.78 is 5.34. The fourth-order valence-corrected chi connectivity index (χ4v) is 3.06. The molecule has 0 spiro atoms. The lowest BCUT2D eigenvalue weighted by atomic mass is 9.88. The standard InChI is InChI=1S/C17H19NO/c1-19-14-8-9-16-13(10-14)7-6-12-4-2-3-5-15(12)17(16)11-18/h2-5,8-10,17H,6-7,11,18H2,1H3/t17-/m1/s1. The van der Waals surface area contributed by atoms with E-state index >= 15 is 0 Å². The van der Waals surface area contributed by atoms with Crippen molar-refractivity contribution in [3.8, 4) is 5.75 Å². The Hall–Kier alpha value is -1.80. The van der Waals surface area contributed by atoms with Crippen LogP contribution in [0.3, 0.4) is 0 Å². The number of methoxy groups -OCH3 is 1. The normalized spacial score (nSPS) is 17.3. The Morgan fingerprint density at radius 3 is 2.58 bits per heavy atom. The van der Waals surface area contributed by atoms with Crippen LogP contribution in [0.2, 0.25) is 0 Å². The van der Waals surface area contributed by atoms with Crippen LogP contribution in [0.25, 0.3) is 0 Å². The number of ether oxygens (including phenoxy) is 1. The molecular weight excluding hydrogens is 234 g/mol. The monoisotopic (exact) mass is 253 g/mol. The highest BCUT2D eigenvalue weighted by atomic mass is 16.5. The van der Waals surface area contributed by atoms with E-state index in [1.807, 2.05) is 6.07 Å². The van der Waals surface area contributed by atoms with E-state index in [0.717, 1.165) is 18.6 Å². The van der Waals surface area contributed by atoms with E-state index in [4.69, 9.17) is 10.5 Å². The molecule has 2 nitrogen and oxygen atoms in total. The number of hydrogen-bond donors (Lipinski definition) is 1. The summed E-state index contributed by atoms with van der Waals surface area (Å²) in [5.74, 6) is 1.24. The van der Waals surface area contributed by atoms with Crippen molar-refractivity contribution in [2.24, 2.45) is 5.73 Å². The van der Waals surface area contributed by atoms with Crippen LogP contribution in [-0.2, 0) is 12.8 Å². The Bertz CT molecular complexity index is 592. The molecule has 2 aromatic carbocycles. The molecule has 1 aliphatic rings. The molecule has 0 saturated carbocycles. The molecule has 98 valence electrons. The molecule has 0 unspecified atom stereocenters.